The summed E-state index contributed by atoms with van der Waals surface area (Å²) in [5, 5.41) is 11.2. The Morgan fingerprint density at radius 3 is 2.64 bits per heavy atom. The van der Waals surface area contributed by atoms with Gasteiger partial charge in [-0.3, -0.25) is 9.36 Å². The minimum atomic E-state index is -0.248. The predicted molar refractivity (Wildman–Crippen MR) is 152 cm³/mol. The predicted octanol–water partition coefficient (Wildman–Crippen LogP) is 5.14. The summed E-state index contributed by atoms with van der Waals surface area (Å²) >= 11 is 0. The third-order valence-corrected chi connectivity index (χ3v) is 7.78. The first-order chi connectivity index (χ1) is 19.0. The lowest BCUT2D eigenvalue weighted by molar-refractivity contribution is 0.159. The zero-order chi connectivity index (χ0) is 26.9. The summed E-state index contributed by atoms with van der Waals surface area (Å²) in [4.78, 5) is 28.0. The van der Waals surface area contributed by atoms with E-state index < -0.39 is 0 Å². The molecule has 3 aromatic heterocycles. The van der Waals surface area contributed by atoms with Gasteiger partial charge in [-0.05, 0) is 81.7 Å². The number of piperidine rings is 1. The van der Waals surface area contributed by atoms with Crippen LogP contribution in [0.5, 0.6) is 5.75 Å². The van der Waals surface area contributed by atoms with Gasteiger partial charge in [0, 0.05) is 27.9 Å². The molecule has 1 aliphatic rings. The molecule has 0 radical (unpaired) electrons. The SMILES string of the molecule is CC(c1cccc(-c2ncc(OCC3CCN(C)CC3)cn2)c1)n1c(=O)ccc2c3cc(C#N)ccc3[nH]c21. The molecule has 0 bridgehead atoms. The Bertz CT molecular complexity index is 1740. The van der Waals surface area contributed by atoms with Gasteiger partial charge in [0.1, 0.15) is 5.65 Å². The van der Waals surface area contributed by atoms with E-state index in [2.05, 4.69) is 33.0 Å². The summed E-state index contributed by atoms with van der Waals surface area (Å²) in [6.45, 7) is 4.92. The molecule has 196 valence electrons. The molecule has 8 heteroatoms. The number of nitrogens with zero attached hydrogens (tertiary/aromatic N) is 5. The van der Waals surface area contributed by atoms with Crippen LogP contribution in [0.3, 0.4) is 0 Å². The maximum Gasteiger partial charge on any atom is 0.252 e. The molecule has 8 nitrogen and oxygen atoms in total. The summed E-state index contributed by atoms with van der Waals surface area (Å²) in [6, 6.07) is 18.8. The maximum atomic E-state index is 13.1. The van der Waals surface area contributed by atoms with Crippen molar-refractivity contribution < 1.29 is 4.74 Å². The molecule has 0 aliphatic carbocycles. The molecule has 0 spiro atoms. The van der Waals surface area contributed by atoms with Gasteiger partial charge in [0.2, 0.25) is 0 Å². The van der Waals surface area contributed by atoms with E-state index in [1.165, 1.54) is 0 Å². The number of H-pyrrole nitrogens is 1. The second-order valence-electron chi connectivity index (χ2n) is 10.4. The number of aromatic nitrogens is 4. The second-order valence-corrected chi connectivity index (χ2v) is 10.4. The molecule has 0 amide bonds. The minimum absolute atomic E-state index is 0.102. The average Bonchev–Trinajstić information content (AvgIpc) is 3.34. The van der Waals surface area contributed by atoms with E-state index in [9.17, 15) is 10.1 Å². The number of aromatic amines is 1. The molecule has 1 N–H and O–H groups in total. The Balaban J connectivity index is 1.25. The van der Waals surface area contributed by atoms with Gasteiger partial charge in [-0.25, -0.2) is 9.97 Å². The Hall–Kier alpha value is -4.48. The largest absolute Gasteiger partial charge is 0.490 e. The van der Waals surface area contributed by atoms with Crippen molar-refractivity contribution in [3.63, 3.8) is 0 Å². The number of likely N-dealkylation sites (tertiary alicyclic amines) is 1. The highest BCUT2D eigenvalue weighted by Gasteiger charge is 2.19. The fourth-order valence-electron chi connectivity index (χ4n) is 5.43. The van der Waals surface area contributed by atoms with Crippen molar-refractivity contribution in [1.82, 2.24) is 24.4 Å². The lowest BCUT2D eigenvalue weighted by Gasteiger charge is -2.28. The standard InChI is InChI=1S/C31H30N6O2/c1-20(37-29(38)9-7-26-27-14-22(16-32)6-8-28(27)35-31(26)37)23-4-3-5-24(15-23)30-33-17-25(18-34-30)39-19-21-10-12-36(2)13-11-21/h3-9,14-15,17-18,20-21,35H,10-13,19H2,1-2H3. The van der Waals surface area contributed by atoms with Crippen LogP contribution in [0.2, 0.25) is 0 Å². The molecular formula is C31H30N6O2. The normalized spacial score (nSPS) is 15.4. The number of hydrogen-bond acceptors (Lipinski definition) is 6. The van der Waals surface area contributed by atoms with Crippen molar-refractivity contribution >= 4 is 21.9 Å². The van der Waals surface area contributed by atoms with Crippen LogP contribution in [0.25, 0.3) is 33.3 Å². The van der Waals surface area contributed by atoms with Crippen molar-refractivity contribution in [3.05, 3.63) is 88.5 Å². The third-order valence-electron chi connectivity index (χ3n) is 7.78. The Morgan fingerprint density at radius 1 is 1.08 bits per heavy atom. The van der Waals surface area contributed by atoms with Crippen LogP contribution in [0.4, 0.5) is 0 Å². The average molecular weight is 519 g/mol. The molecule has 2 aromatic carbocycles. The van der Waals surface area contributed by atoms with Crippen molar-refractivity contribution in [3.8, 4) is 23.2 Å². The van der Waals surface area contributed by atoms with E-state index >= 15 is 0 Å². The fourth-order valence-corrected chi connectivity index (χ4v) is 5.43. The van der Waals surface area contributed by atoms with Crippen molar-refractivity contribution in [2.45, 2.75) is 25.8 Å². The molecule has 1 atom stereocenters. The van der Waals surface area contributed by atoms with E-state index in [4.69, 9.17) is 4.74 Å². The first-order valence-electron chi connectivity index (χ1n) is 13.3. The Morgan fingerprint density at radius 2 is 1.87 bits per heavy atom. The highest BCUT2D eigenvalue weighted by molar-refractivity contribution is 6.06. The molecule has 1 saturated heterocycles. The molecule has 5 aromatic rings. The summed E-state index contributed by atoms with van der Waals surface area (Å²) in [6.07, 6.45) is 5.77. The molecule has 1 aliphatic heterocycles. The van der Waals surface area contributed by atoms with Gasteiger partial charge in [0.15, 0.2) is 11.6 Å². The van der Waals surface area contributed by atoms with Crippen LogP contribution in [0, 0.1) is 17.2 Å². The third kappa shape index (κ3) is 4.89. The number of pyridine rings is 1. The summed E-state index contributed by atoms with van der Waals surface area (Å²) in [5.41, 5.74) is 3.93. The van der Waals surface area contributed by atoms with E-state index in [1.54, 1.807) is 29.1 Å². The first-order valence-corrected chi connectivity index (χ1v) is 13.3. The molecule has 4 heterocycles. The van der Waals surface area contributed by atoms with Crippen molar-refractivity contribution in [2.75, 3.05) is 26.7 Å². The van der Waals surface area contributed by atoms with Crippen LogP contribution in [0.15, 0.2) is 71.8 Å². The van der Waals surface area contributed by atoms with Gasteiger partial charge >= 0.3 is 0 Å². The zero-order valence-corrected chi connectivity index (χ0v) is 22.1. The lowest BCUT2D eigenvalue weighted by Crippen LogP contribution is -2.32. The Kier molecular flexibility index (Phi) is 6.59. The minimum Gasteiger partial charge on any atom is -0.490 e. The van der Waals surface area contributed by atoms with Gasteiger partial charge < -0.3 is 14.6 Å². The van der Waals surface area contributed by atoms with Gasteiger partial charge in [-0.1, -0.05) is 18.2 Å². The number of benzene rings is 2. The van der Waals surface area contributed by atoms with E-state index in [0.29, 0.717) is 29.7 Å². The van der Waals surface area contributed by atoms with Crippen LogP contribution in [-0.2, 0) is 0 Å². The number of ether oxygens (including phenoxy) is 1. The first kappa shape index (κ1) is 24.8. The maximum absolute atomic E-state index is 13.1. The monoisotopic (exact) mass is 518 g/mol. The van der Waals surface area contributed by atoms with Crippen LogP contribution in [0.1, 0.15) is 36.9 Å². The van der Waals surface area contributed by atoms with Crippen molar-refractivity contribution in [2.24, 2.45) is 5.92 Å². The molecule has 39 heavy (non-hydrogen) atoms. The summed E-state index contributed by atoms with van der Waals surface area (Å²) < 4.78 is 7.75. The molecule has 6 rings (SSSR count). The highest BCUT2D eigenvalue weighted by Crippen LogP contribution is 2.29. The van der Waals surface area contributed by atoms with E-state index in [0.717, 1.165) is 59.0 Å². The second kappa shape index (κ2) is 10.4. The van der Waals surface area contributed by atoms with Crippen LogP contribution >= 0.6 is 0 Å². The van der Waals surface area contributed by atoms with Gasteiger partial charge in [-0.2, -0.15) is 5.26 Å². The van der Waals surface area contributed by atoms with Crippen LogP contribution < -0.4 is 10.3 Å². The lowest BCUT2D eigenvalue weighted by atomic mass is 9.98. The number of hydrogen-bond donors (Lipinski definition) is 1. The molecule has 1 fully saturated rings. The topological polar surface area (TPSA) is 99.8 Å². The van der Waals surface area contributed by atoms with Gasteiger partial charge in [0.05, 0.1) is 36.7 Å². The quantitative estimate of drug-likeness (QED) is 0.334. The van der Waals surface area contributed by atoms with Gasteiger partial charge in [-0.15, -0.1) is 0 Å². The number of nitrogens with one attached hydrogen (secondary N) is 1. The Labute approximate surface area is 226 Å². The van der Waals surface area contributed by atoms with E-state index in [1.807, 2.05) is 49.4 Å². The highest BCUT2D eigenvalue weighted by atomic mass is 16.5. The fraction of sp³-hybridized carbons (Fsp3) is 0.290. The smallest absolute Gasteiger partial charge is 0.252 e. The van der Waals surface area contributed by atoms with Gasteiger partial charge in [0.25, 0.3) is 5.56 Å². The summed E-state index contributed by atoms with van der Waals surface area (Å²) in [5.74, 6) is 1.85. The molecule has 1 unspecified atom stereocenters. The van der Waals surface area contributed by atoms with Crippen LogP contribution in [-0.4, -0.2) is 51.2 Å². The summed E-state index contributed by atoms with van der Waals surface area (Å²) in [7, 11) is 2.16. The van der Waals surface area contributed by atoms with E-state index in [-0.39, 0.29) is 11.6 Å². The van der Waals surface area contributed by atoms with Crippen molar-refractivity contribution in [1.29, 1.82) is 5.26 Å². The number of nitriles is 1. The molecule has 0 saturated carbocycles. The number of fused-ring (bicyclic) bond motifs is 3. The number of rotatable bonds is 6. The zero-order valence-electron chi connectivity index (χ0n) is 22.1. The molecular weight excluding hydrogens is 488 g/mol.